The summed E-state index contributed by atoms with van der Waals surface area (Å²) in [6, 6.07) is 7.13. The number of rotatable bonds is 3. The number of benzene rings is 1. The molecule has 1 aromatic heterocycles. The van der Waals surface area contributed by atoms with Crippen LogP contribution in [0.1, 0.15) is 12.8 Å². The van der Waals surface area contributed by atoms with Crippen molar-refractivity contribution in [3.63, 3.8) is 0 Å². The molecule has 0 amide bonds. The molecular formula is C14H16FN3. The molecule has 0 saturated carbocycles. The minimum atomic E-state index is -0.210. The summed E-state index contributed by atoms with van der Waals surface area (Å²) in [5.74, 6) is -0.210. The van der Waals surface area contributed by atoms with E-state index in [1.165, 1.54) is 25.0 Å². The maximum absolute atomic E-state index is 13.1. The lowest BCUT2D eigenvalue weighted by Gasteiger charge is -2.09. The molecule has 1 aromatic carbocycles. The molecule has 0 bridgehead atoms. The lowest BCUT2D eigenvalue weighted by molar-refractivity contribution is 0.476. The molecule has 94 valence electrons. The van der Waals surface area contributed by atoms with Gasteiger partial charge in [-0.3, -0.25) is 4.68 Å². The number of aromatic nitrogens is 2. The lowest BCUT2D eigenvalue weighted by atomic mass is 10.1. The highest BCUT2D eigenvalue weighted by Crippen LogP contribution is 2.19. The van der Waals surface area contributed by atoms with E-state index in [0.717, 1.165) is 24.2 Å². The van der Waals surface area contributed by atoms with Crippen molar-refractivity contribution in [3.8, 4) is 11.1 Å². The molecule has 1 fully saturated rings. The molecule has 0 aliphatic carbocycles. The van der Waals surface area contributed by atoms with Crippen LogP contribution in [0.4, 0.5) is 4.39 Å². The molecule has 1 N–H and O–H groups in total. The first-order valence-corrected chi connectivity index (χ1v) is 6.33. The van der Waals surface area contributed by atoms with E-state index in [9.17, 15) is 4.39 Å². The largest absolute Gasteiger partial charge is 0.312 e. The van der Waals surface area contributed by atoms with Gasteiger partial charge in [-0.05, 0) is 37.1 Å². The monoisotopic (exact) mass is 245 g/mol. The smallest absolute Gasteiger partial charge is 0.123 e. The molecule has 1 aliphatic heterocycles. The summed E-state index contributed by atoms with van der Waals surface area (Å²) < 4.78 is 15.1. The molecule has 3 rings (SSSR count). The summed E-state index contributed by atoms with van der Waals surface area (Å²) in [6.07, 6.45) is 6.22. The topological polar surface area (TPSA) is 29.9 Å². The Morgan fingerprint density at radius 3 is 3.11 bits per heavy atom. The second-order valence-electron chi connectivity index (χ2n) is 4.75. The number of nitrogens with one attached hydrogen (secondary N) is 1. The third kappa shape index (κ3) is 2.43. The zero-order chi connectivity index (χ0) is 12.4. The normalized spacial score (nSPS) is 19.3. The molecule has 0 spiro atoms. The van der Waals surface area contributed by atoms with Crippen LogP contribution in [0, 0.1) is 5.82 Å². The SMILES string of the molecule is Fc1cccc(-c2cnn(CC3CCCN3)c2)c1. The molecule has 1 unspecified atom stereocenters. The number of hydrogen-bond acceptors (Lipinski definition) is 2. The van der Waals surface area contributed by atoms with Crippen molar-refractivity contribution in [1.29, 1.82) is 0 Å². The third-order valence-corrected chi connectivity index (χ3v) is 3.36. The fraction of sp³-hybridized carbons (Fsp3) is 0.357. The Balaban J connectivity index is 1.76. The van der Waals surface area contributed by atoms with Crippen LogP contribution in [0.15, 0.2) is 36.7 Å². The summed E-state index contributed by atoms with van der Waals surface area (Å²) in [5, 5.41) is 7.78. The van der Waals surface area contributed by atoms with Crippen molar-refractivity contribution >= 4 is 0 Å². The van der Waals surface area contributed by atoms with E-state index in [-0.39, 0.29) is 5.82 Å². The zero-order valence-corrected chi connectivity index (χ0v) is 10.1. The first-order chi connectivity index (χ1) is 8.81. The van der Waals surface area contributed by atoms with E-state index >= 15 is 0 Å². The Morgan fingerprint density at radius 2 is 2.33 bits per heavy atom. The van der Waals surface area contributed by atoms with E-state index in [1.54, 1.807) is 12.3 Å². The van der Waals surface area contributed by atoms with Gasteiger partial charge in [0.25, 0.3) is 0 Å². The van der Waals surface area contributed by atoms with Gasteiger partial charge in [0, 0.05) is 17.8 Å². The summed E-state index contributed by atoms with van der Waals surface area (Å²) in [7, 11) is 0. The van der Waals surface area contributed by atoms with Crippen LogP contribution in [0.5, 0.6) is 0 Å². The van der Waals surface area contributed by atoms with Crippen molar-refractivity contribution in [3.05, 3.63) is 42.5 Å². The van der Waals surface area contributed by atoms with Crippen molar-refractivity contribution in [2.45, 2.75) is 25.4 Å². The Hall–Kier alpha value is -1.68. The molecule has 1 saturated heterocycles. The quantitative estimate of drug-likeness (QED) is 0.900. The highest BCUT2D eigenvalue weighted by Gasteiger charge is 2.14. The Bertz CT molecular complexity index is 529. The fourth-order valence-corrected chi connectivity index (χ4v) is 2.42. The second-order valence-corrected chi connectivity index (χ2v) is 4.75. The standard InChI is InChI=1S/C14H16FN3/c15-13-4-1-3-11(7-13)12-8-17-18(9-12)10-14-5-2-6-16-14/h1,3-4,7-9,14,16H,2,5-6,10H2. The minimum Gasteiger partial charge on any atom is -0.312 e. The van der Waals surface area contributed by atoms with E-state index in [4.69, 9.17) is 0 Å². The molecule has 3 nitrogen and oxygen atoms in total. The van der Waals surface area contributed by atoms with Crippen LogP contribution in [0.25, 0.3) is 11.1 Å². The van der Waals surface area contributed by atoms with Crippen LogP contribution >= 0.6 is 0 Å². The van der Waals surface area contributed by atoms with Gasteiger partial charge >= 0.3 is 0 Å². The van der Waals surface area contributed by atoms with Gasteiger partial charge in [0.1, 0.15) is 5.82 Å². The zero-order valence-electron chi connectivity index (χ0n) is 10.1. The molecule has 2 heterocycles. The highest BCUT2D eigenvalue weighted by molar-refractivity contribution is 5.61. The van der Waals surface area contributed by atoms with Gasteiger partial charge < -0.3 is 5.32 Å². The van der Waals surface area contributed by atoms with E-state index in [2.05, 4.69) is 10.4 Å². The van der Waals surface area contributed by atoms with Gasteiger partial charge in [-0.2, -0.15) is 5.10 Å². The summed E-state index contributed by atoms with van der Waals surface area (Å²) in [5.41, 5.74) is 1.84. The Kier molecular flexibility index (Phi) is 3.11. The predicted molar refractivity (Wildman–Crippen MR) is 68.6 cm³/mol. The first kappa shape index (κ1) is 11.4. The minimum absolute atomic E-state index is 0.210. The number of hydrogen-bond donors (Lipinski definition) is 1. The number of nitrogens with zero attached hydrogens (tertiary/aromatic N) is 2. The Morgan fingerprint density at radius 1 is 1.39 bits per heavy atom. The molecule has 0 radical (unpaired) electrons. The summed E-state index contributed by atoms with van der Waals surface area (Å²) in [4.78, 5) is 0. The van der Waals surface area contributed by atoms with Crippen LogP contribution < -0.4 is 5.32 Å². The van der Waals surface area contributed by atoms with Crippen molar-refractivity contribution in [1.82, 2.24) is 15.1 Å². The summed E-state index contributed by atoms with van der Waals surface area (Å²) >= 11 is 0. The van der Waals surface area contributed by atoms with Crippen LogP contribution in [0.2, 0.25) is 0 Å². The van der Waals surface area contributed by atoms with Crippen molar-refractivity contribution in [2.75, 3.05) is 6.54 Å². The average Bonchev–Trinajstić information content (AvgIpc) is 3.01. The molecule has 18 heavy (non-hydrogen) atoms. The number of halogens is 1. The molecule has 1 aliphatic rings. The van der Waals surface area contributed by atoms with Gasteiger partial charge in [0.15, 0.2) is 0 Å². The molecule has 4 heteroatoms. The first-order valence-electron chi connectivity index (χ1n) is 6.33. The van der Waals surface area contributed by atoms with Crippen LogP contribution in [-0.2, 0) is 6.54 Å². The summed E-state index contributed by atoms with van der Waals surface area (Å²) in [6.45, 7) is 1.98. The predicted octanol–water partition coefficient (Wildman–Crippen LogP) is 2.44. The van der Waals surface area contributed by atoms with Gasteiger partial charge in [0.2, 0.25) is 0 Å². The van der Waals surface area contributed by atoms with Crippen LogP contribution in [-0.4, -0.2) is 22.4 Å². The van der Waals surface area contributed by atoms with Gasteiger partial charge in [0.05, 0.1) is 12.7 Å². The molecule has 2 aromatic rings. The van der Waals surface area contributed by atoms with E-state index in [0.29, 0.717) is 6.04 Å². The Labute approximate surface area is 106 Å². The van der Waals surface area contributed by atoms with E-state index in [1.807, 2.05) is 16.9 Å². The molecule has 1 atom stereocenters. The fourth-order valence-electron chi connectivity index (χ4n) is 2.42. The van der Waals surface area contributed by atoms with Gasteiger partial charge in [-0.15, -0.1) is 0 Å². The van der Waals surface area contributed by atoms with Crippen molar-refractivity contribution < 1.29 is 4.39 Å². The third-order valence-electron chi connectivity index (χ3n) is 3.36. The highest BCUT2D eigenvalue weighted by atomic mass is 19.1. The van der Waals surface area contributed by atoms with Gasteiger partial charge in [-0.1, -0.05) is 12.1 Å². The average molecular weight is 245 g/mol. The maximum atomic E-state index is 13.1. The lowest BCUT2D eigenvalue weighted by Crippen LogP contribution is -2.26. The maximum Gasteiger partial charge on any atom is 0.123 e. The second kappa shape index (κ2) is 4.90. The molecular weight excluding hydrogens is 229 g/mol. The van der Waals surface area contributed by atoms with Gasteiger partial charge in [-0.25, -0.2) is 4.39 Å². The van der Waals surface area contributed by atoms with Crippen LogP contribution in [0.3, 0.4) is 0 Å². The van der Waals surface area contributed by atoms with E-state index < -0.39 is 0 Å². The van der Waals surface area contributed by atoms with Crippen molar-refractivity contribution in [2.24, 2.45) is 0 Å².